The van der Waals surface area contributed by atoms with E-state index in [2.05, 4.69) is 0 Å². The first kappa shape index (κ1) is 37.0. The molecule has 58 valence electrons. The Morgan fingerprint density at radius 3 is 1.00 bits per heavy atom. The van der Waals surface area contributed by atoms with Crippen LogP contribution in [-0.2, 0) is 43.3 Å². The first-order chi connectivity index (χ1) is 2.00. The molecule has 0 aromatic heterocycles. The molecule has 0 saturated carbocycles. The second kappa shape index (κ2) is 18.7. The number of rotatable bonds is 0. The Hall–Kier alpha value is 4.02. The van der Waals surface area contributed by atoms with E-state index in [1.807, 2.05) is 0 Å². The molecule has 0 amide bonds. The molecule has 4 nitrogen and oxygen atoms in total. The van der Waals surface area contributed by atoms with Crippen LogP contribution in [0.4, 0.5) is 0 Å². The van der Waals surface area contributed by atoms with Gasteiger partial charge < -0.3 is 24.9 Å². The fraction of sp³-hybridized carbons (Fsp3) is 0. The van der Waals surface area contributed by atoms with Gasteiger partial charge in [-0.15, -0.1) is 0 Å². The fourth-order valence-corrected chi connectivity index (χ4v) is 0. The third-order valence-electron chi connectivity index (χ3n) is 0. The first-order valence-corrected chi connectivity index (χ1v) is 2.68. The molecule has 0 aliphatic rings. The van der Waals surface area contributed by atoms with E-state index in [1.54, 1.807) is 0 Å². The smallest absolute Gasteiger partial charge is 1.00 e. The molecule has 0 rings (SSSR count). The van der Waals surface area contributed by atoms with E-state index in [0.29, 0.717) is 0 Å². The normalized spacial score (nSPS) is 6.00. The molecule has 0 unspecified atom stereocenters. The van der Waals surface area contributed by atoms with Gasteiger partial charge in [-0.05, 0) is 0 Å². The van der Waals surface area contributed by atoms with Gasteiger partial charge in [0.05, 0.1) is 0 Å². The van der Waals surface area contributed by atoms with Gasteiger partial charge in [0, 0.05) is 43.3 Å². The predicted molar refractivity (Wildman–Crippen MR) is 40.5 cm³/mol. The molecule has 0 fully saturated rings. The van der Waals surface area contributed by atoms with Crippen LogP contribution >= 0.6 is 0 Å². The Bertz CT molecular complexity index is 52.8. The van der Waals surface area contributed by atoms with Crippen molar-refractivity contribution in [2.24, 2.45) is 0 Å². The molecule has 0 spiro atoms. The summed E-state index contributed by atoms with van der Waals surface area (Å²) in [6, 6.07) is 0. The molecule has 0 aliphatic carbocycles. The van der Waals surface area contributed by atoms with E-state index in [1.165, 1.54) is 0 Å². The van der Waals surface area contributed by atoms with Crippen LogP contribution < -0.4 is 0 Å². The van der Waals surface area contributed by atoms with Gasteiger partial charge in [-0.3, -0.25) is 0 Å². The van der Waals surface area contributed by atoms with Crippen molar-refractivity contribution in [1.29, 1.82) is 0 Å². The number of hydrogen-bond acceptors (Lipinski definition) is 4. The van der Waals surface area contributed by atoms with Gasteiger partial charge in [-0.2, -0.15) is 0 Å². The fourth-order valence-electron chi connectivity index (χ4n) is 0. The van der Waals surface area contributed by atoms with Gasteiger partial charge >= 0.3 is 69.8 Å². The molecule has 0 aromatic rings. The number of hydrogen-bond donors (Lipinski definition) is 4. The van der Waals surface area contributed by atoms with E-state index in [0.717, 1.165) is 0 Å². The largest absolute Gasteiger partial charge is 2.00 e. The summed E-state index contributed by atoms with van der Waals surface area (Å²) >= 11 is 0. The summed E-state index contributed by atoms with van der Waals surface area (Å²) in [5.41, 5.74) is 0. The maximum atomic E-state index is 7.33. The molecule has 0 atom stereocenters. The van der Waals surface area contributed by atoms with E-state index in [4.69, 9.17) is 19.2 Å². The van der Waals surface area contributed by atoms with Gasteiger partial charge in [0.15, 0.2) is 17.4 Å². The van der Waals surface area contributed by atoms with Crippen molar-refractivity contribution >= 4 is 87.2 Å². The van der Waals surface area contributed by atoms with Crippen LogP contribution in [0.5, 0.6) is 0 Å². The van der Waals surface area contributed by atoms with Crippen molar-refractivity contribution in [3.63, 3.8) is 0 Å². The van der Waals surface area contributed by atoms with Gasteiger partial charge in [-0.1, -0.05) is 0 Å². The predicted octanol–water partition coefficient (Wildman–Crippen LogP) is -4.11. The Kier molecular flexibility index (Phi) is 69.2. The molecule has 10 heavy (non-hydrogen) atoms. The molecule has 0 aromatic carbocycles. The second-order valence-electron chi connectivity index (χ2n) is 0.600. The molecule has 10 heteroatoms. The molecule has 0 heterocycles. The summed E-state index contributed by atoms with van der Waals surface area (Å²) < 4.78 is 0. The van der Waals surface area contributed by atoms with Crippen LogP contribution in [0.25, 0.3) is 0 Å². The van der Waals surface area contributed by atoms with Crippen molar-refractivity contribution in [3.8, 4) is 0 Å². The first-order valence-electron chi connectivity index (χ1n) is 0.894. The van der Waals surface area contributed by atoms with Crippen LogP contribution in [0.1, 0.15) is 5.71 Å². The third-order valence-corrected chi connectivity index (χ3v) is 0. The van der Waals surface area contributed by atoms with E-state index in [9.17, 15) is 0 Å². The van der Waals surface area contributed by atoms with Gasteiger partial charge in [0.25, 0.3) is 0 Å². The molecule has 0 radical (unpaired) electrons. The topological polar surface area (TPSA) is 80.9 Å². The van der Waals surface area contributed by atoms with E-state index < -0.39 is 9.05 Å². The van der Waals surface area contributed by atoms with Crippen LogP contribution in [0.2, 0.25) is 0 Å². The summed E-state index contributed by atoms with van der Waals surface area (Å²) in [6.45, 7) is 0. The molecular formula is H11AlCaFeMgO4SiZr. The van der Waals surface area contributed by atoms with Crippen LogP contribution in [0.15, 0.2) is 0 Å². The monoisotopic (exact) mass is 340 g/mol. The summed E-state index contributed by atoms with van der Waals surface area (Å²) in [4.78, 5) is 29.3. The molecule has 0 aliphatic heterocycles. The van der Waals surface area contributed by atoms with Gasteiger partial charge in [0.1, 0.15) is 0 Å². The standard InChI is InChI=1S/Al.Ca.Fe.Mg.H4O4Si.Zr.7H/c;;;;1-5(2,3)4;;;;;;;;/h;;;;1-4H;;;;;;;;/q;+2;;+2;;;;;;4*-1. The zero-order valence-electron chi connectivity index (χ0n) is 8.56. The van der Waals surface area contributed by atoms with Crippen LogP contribution in [0, 0.1) is 0 Å². The summed E-state index contributed by atoms with van der Waals surface area (Å²) in [5.74, 6) is 0. The van der Waals surface area contributed by atoms with Gasteiger partial charge in [-0.25, -0.2) is 0 Å². The van der Waals surface area contributed by atoms with Crippen molar-refractivity contribution in [2.45, 2.75) is 0 Å². The third kappa shape index (κ3) is 90.4. The van der Waals surface area contributed by atoms with E-state index >= 15 is 0 Å². The Morgan fingerprint density at radius 2 is 1.00 bits per heavy atom. The van der Waals surface area contributed by atoms with E-state index in [-0.39, 0.29) is 127 Å². The maximum absolute atomic E-state index is 7.33. The zero-order valence-corrected chi connectivity index (χ0v) is 12.7. The van der Waals surface area contributed by atoms with Gasteiger partial charge in [0.2, 0.25) is 0 Å². The van der Waals surface area contributed by atoms with Crippen molar-refractivity contribution < 1.29 is 68.2 Å². The van der Waals surface area contributed by atoms with Crippen LogP contribution in [-0.4, -0.2) is 106 Å². The zero-order chi connectivity index (χ0) is 4.50. The molecule has 0 saturated heterocycles. The molecule has 4 N–H and O–H groups in total. The van der Waals surface area contributed by atoms with Crippen molar-refractivity contribution in [2.75, 3.05) is 0 Å². The Labute approximate surface area is 152 Å². The second-order valence-corrected chi connectivity index (χ2v) is 1.80. The molecular weight excluding hydrogens is 331 g/mol. The molecule has 0 bridgehead atoms. The van der Waals surface area contributed by atoms with Crippen LogP contribution in [0.3, 0.4) is 0 Å². The van der Waals surface area contributed by atoms with Crippen molar-refractivity contribution in [1.82, 2.24) is 0 Å². The summed E-state index contributed by atoms with van der Waals surface area (Å²) in [7, 11) is -4.61. The average molecular weight is 342 g/mol. The minimum Gasteiger partial charge on any atom is -1.00 e. The maximum Gasteiger partial charge on any atom is 2.00 e. The minimum absolute atomic E-state index is 0. The quantitative estimate of drug-likeness (QED) is 0.338. The van der Waals surface area contributed by atoms with Crippen molar-refractivity contribution in [3.05, 3.63) is 0 Å². The SMILES string of the molecule is O[Si](O)(O)O.[AlH3].[Ca+2].[Fe].[H-].[H-].[H-].[H-].[Mg+2].[Zr]. The Morgan fingerprint density at radius 1 is 1.00 bits per heavy atom. The average Bonchev–Trinajstić information content (AvgIpc) is 0.722. The summed E-state index contributed by atoms with van der Waals surface area (Å²) in [6.07, 6.45) is 0. The minimum atomic E-state index is -4.61. The Balaban J connectivity index is -0.00000000222. The summed E-state index contributed by atoms with van der Waals surface area (Å²) in [5, 5.41) is 0.